The van der Waals surface area contributed by atoms with Crippen LogP contribution in [0.4, 0.5) is 4.39 Å². The van der Waals surface area contributed by atoms with Crippen LogP contribution in [0.5, 0.6) is 11.5 Å². The SMILES string of the molecule is CCCCC[C@H]1CC[C@H](c2ccc(-c3ccc(C(=O)Oc4ccc(OC)cc4)cc3)c(F)c2)CC1. The molecule has 3 nitrogen and oxygen atoms in total. The highest BCUT2D eigenvalue weighted by atomic mass is 19.1. The van der Waals surface area contributed by atoms with Gasteiger partial charge in [-0.05, 0) is 91.1 Å². The van der Waals surface area contributed by atoms with Crippen LogP contribution in [0.1, 0.15) is 80.1 Å². The number of carbonyl (C=O) groups excluding carboxylic acids is 1. The molecule has 0 aromatic heterocycles. The predicted octanol–water partition coefficient (Wildman–Crippen LogP) is 8.57. The van der Waals surface area contributed by atoms with E-state index in [1.807, 2.05) is 6.07 Å². The van der Waals surface area contributed by atoms with Gasteiger partial charge < -0.3 is 9.47 Å². The third-order valence-corrected chi connectivity index (χ3v) is 7.23. The van der Waals surface area contributed by atoms with Gasteiger partial charge in [-0.25, -0.2) is 9.18 Å². The third kappa shape index (κ3) is 6.50. The smallest absolute Gasteiger partial charge is 0.343 e. The predicted molar refractivity (Wildman–Crippen MR) is 139 cm³/mol. The first-order valence-corrected chi connectivity index (χ1v) is 12.8. The van der Waals surface area contributed by atoms with Crippen molar-refractivity contribution in [1.82, 2.24) is 0 Å². The van der Waals surface area contributed by atoms with E-state index in [1.165, 1.54) is 38.5 Å². The summed E-state index contributed by atoms with van der Waals surface area (Å²) in [5.41, 5.74) is 2.82. The molecule has 4 rings (SSSR count). The molecular weight excluding hydrogens is 439 g/mol. The lowest BCUT2D eigenvalue weighted by Gasteiger charge is -2.29. The summed E-state index contributed by atoms with van der Waals surface area (Å²) in [6.07, 6.45) is 10.1. The molecule has 3 aromatic rings. The third-order valence-electron chi connectivity index (χ3n) is 7.23. The second-order valence-corrected chi connectivity index (χ2v) is 9.60. The summed E-state index contributed by atoms with van der Waals surface area (Å²) in [6, 6.07) is 19.4. The largest absolute Gasteiger partial charge is 0.497 e. The first kappa shape index (κ1) is 25.0. The summed E-state index contributed by atoms with van der Waals surface area (Å²) in [5, 5.41) is 0. The lowest BCUT2D eigenvalue weighted by atomic mass is 9.77. The number of halogens is 1. The number of benzene rings is 3. The molecule has 0 heterocycles. The lowest BCUT2D eigenvalue weighted by Crippen LogP contribution is -2.13. The number of ether oxygens (including phenoxy) is 2. The fraction of sp³-hybridized carbons (Fsp3) is 0.387. The van der Waals surface area contributed by atoms with E-state index < -0.39 is 5.97 Å². The van der Waals surface area contributed by atoms with Gasteiger partial charge in [0.05, 0.1) is 12.7 Å². The van der Waals surface area contributed by atoms with Crippen LogP contribution >= 0.6 is 0 Å². The number of methoxy groups -OCH3 is 1. The zero-order chi connectivity index (χ0) is 24.6. The number of hydrogen-bond acceptors (Lipinski definition) is 3. The van der Waals surface area contributed by atoms with E-state index in [9.17, 15) is 4.79 Å². The molecule has 0 spiro atoms. The fourth-order valence-electron chi connectivity index (χ4n) is 5.08. The molecule has 35 heavy (non-hydrogen) atoms. The molecule has 1 aliphatic carbocycles. The van der Waals surface area contributed by atoms with Crippen molar-refractivity contribution in [3.05, 3.63) is 83.7 Å². The van der Waals surface area contributed by atoms with Crippen LogP contribution < -0.4 is 9.47 Å². The molecule has 1 fully saturated rings. The van der Waals surface area contributed by atoms with Gasteiger partial charge in [-0.3, -0.25) is 0 Å². The Balaban J connectivity index is 1.36. The second-order valence-electron chi connectivity index (χ2n) is 9.60. The van der Waals surface area contributed by atoms with Gasteiger partial charge in [0, 0.05) is 5.56 Å². The van der Waals surface area contributed by atoms with Crippen molar-refractivity contribution in [2.75, 3.05) is 7.11 Å². The Morgan fingerprint density at radius 3 is 2.20 bits per heavy atom. The minimum Gasteiger partial charge on any atom is -0.497 e. The van der Waals surface area contributed by atoms with E-state index in [0.717, 1.165) is 29.9 Å². The van der Waals surface area contributed by atoms with Crippen LogP contribution in [-0.4, -0.2) is 13.1 Å². The van der Waals surface area contributed by atoms with Gasteiger partial charge in [-0.2, -0.15) is 0 Å². The molecule has 1 aliphatic rings. The lowest BCUT2D eigenvalue weighted by molar-refractivity contribution is 0.0734. The summed E-state index contributed by atoms with van der Waals surface area (Å²) in [5.74, 6) is 1.77. The molecule has 3 aromatic carbocycles. The molecule has 4 heteroatoms. The maximum atomic E-state index is 15.1. The molecule has 0 unspecified atom stereocenters. The molecule has 0 bridgehead atoms. The Hall–Kier alpha value is -3.14. The van der Waals surface area contributed by atoms with Gasteiger partial charge in [0.1, 0.15) is 17.3 Å². The topological polar surface area (TPSA) is 35.5 Å². The van der Waals surface area contributed by atoms with Gasteiger partial charge in [0.2, 0.25) is 0 Å². The molecule has 0 radical (unpaired) electrons. The highest BCUT2D eigenvalue weighted by molar-refractivity contribution is 5.91. The van der Waals surface area contributed by atoms with Crippen LogP contribution in [0.3, 0.4) is 0 Å². The minimum atomic E-state index is -0.456. The zero-order valence-electron chi connectivity index (χ0n) is 20.8. The number of unbranched alkanes of at least 4 members (excludes halogenated alkanes) is 2. The zero-order valence-corrected chi connectivity index (χ0v) is 20.8. The number of carbonyl (C=O) groups is 1. The second kappa shape index (κ2) is 12.0. The van der Waals surface area contributed by atoms with Crippen LogP contribution in [0, 0.1) is 11.7 Å². The Kier molecular flexibility index (Phi) is 8.57. The van der Waals surface area contributed by atoms with Crippen molar-refractivity contribution in [2.24, 2.45) is 5.92 Å². The summed E-state index contributed by atoms with van der Waals surface area (Å²) in [6.45, 7) is 2.25. The normalized spacial score (nSPS) is 17.7. The van der Waals surface area contributed by atoms with E-state index >= 15 is 4.39 Å². The Bertz CT molecular complexity index is 1100. The van der Waals surface area contributed by atoms with E-state index in [1.54, 1.807) is 61.7 Å². The monoisotopic (exact) mass is 474 g/mol. The van der Waals surface area contributed by atoms with Crippen molar-refractivity contribution in [3.8, 4) is 22.6 Å². The minimum absolute atomic E-state index is 0.207. The molecule has 0 atom stereocenters. The van der Waals surface area contributed by atoms with E-state index in [4.69, 9.17) is 9.47 Å². The summed E-state index contributed by atoms with van der Waals surface area (Å²) in [4.78, 5) is 12.5. The van der Waals surface area contributed by atoms with Crippen LogP contribution in [0.2, 0.25) is 0 Å². The van der Waals surface area contributed by atoms with Gasteiger partial charge in [-0.1, -0.05) is 56.9 Å². The van der Waals surface area contributed by atoms with Crippen molar-refractivity contribution in [1.29, 1.82) is 0 Å². The molecule has 0 N–H and O–H groups in total. The highest BCUT2D eigenvalue weighted by Gasteiger charge is 2.23. The number of hydrogen-bond donors (Lipinski definition) is 0. The summed E-state index contributed by atoms with van der Waals surface area (Å²) in [7, 11) is 1.58. The molecule has 0 amide bonds. The van der Waals surface area contributed by atoms with E-state index in [2.05, 4.69) is 13.0 Å². The first-order valence-electron chi connectivity index (χ1n) is 12.8. The average Bonchev–Trinajstić information content (AvgIpc) is 2.90. The quantitative estimate of drug-likeness (QED) is 0.177. The molecule has 184 valence electrons. The average molecular weight is 475 g/mol. The molecule has 0 aliphatic heterocycles. The maximum absolute atomic E-state index is 15.1. The number of esters is 1. The van der Waals surface area contributed by atoms with Crippen molar-refractivity contribution >= 4 is 5.97 Å². The molecular formula is C31H35FO3. The van der Waals surface area contributed by atoms with Crippen molar-refractivity contribution in [2.45, 2.75) is 64.2 Å². The molecule has 1 saturated carbocycles. The van der Waals surface area contributed by atoms with Crippen molar-refractivity contribution < 1.29 is 18.7 Å². The summed E-state index contributed by atoms with van der Waals surface area (Å²) >= 11 is 0. The van der Waals surface area contributed by atoms with Gasteiger partial charge in [0.25, 0.3) is 0 Å². The Morgan fingerprint density at radius 1 is 0.886 bits per heavy atom. The van der Waals surface area contributed by atoms with E-state index in [0.29, 0.717) is 28.5 Å². The highest BCUT2D eigenvalue weighted by Crippen LogP contribution is 2.39. The van der Waals surface area contributed by atoms with Gasteiger partial charge in [0.15, 0.2) is 0 Å². The Morgan fingerprint density at radius 2 is 1.57 bits per heavy atom. The van der Waals surface area contributed by atoms with Crippen LogP contribution in [-0.2, 0) is 0 Å². The number of rotatable bonds is 9. The Labute approximate surface area is 208 Å². The van der Waals surface area contributed by atoms with Gasteiger partial charge in [-0.15, -0.1) is 0 Å². The maximum Gasteiger partial charge on any atom is 0.343 e. The van der Waals surface area contributed by atoms with Crippen molar-refractivity contribution in [3.63, 3.8) is 0 Å². The van der Waals surface area contributed by atoms with Crippen LogP contribution in [0.25, 0.3) is 11.1 Å². The summed E-state index contributed by atoms with van der Waals surface area (Å²) < 4.78 is 25.6. The fourth-order valence-corrected chi connectivity index (χ4v) is 5.08. The van der Waals surface area contributed by atoms with Gasteiger partial charge >= 0.3 is 5.97 Å². The van der Waals surface area contributed by atoms with E-state index in [-0.39, 0.29) is 5.82 Å². The molecule has 0 saturated heterocycles. The van der Waals surface area contributed by atoms with Crippen LogP contribution in [0.15, 0.2) is 66.7 Å². The standard InChI is InChI=1S/C31H35FO3/c1-3-4-5-6-22-7-9-23(10-8-22)26-15-20-29(30(32)21-26)24-11-13-25(14-12-24)31(33)35-28-18-16-27(34-2)17-19-28/h11-23H,3-10H2,1-2H3/t22-,23-. The first-order chi connectivity index (χ1) is 17.1.